The molecule has 0 saturated carbocycles. The third-order valence-electron chi connectivity index (χ3n) is 3.53. The molecule has 2 aromatic rings. The molecule has 3 rings (SSSR count). The number of hydrogen-bond acceptors (Lipinski definition) is 2. The highest BCUT2D eigenvalue weighted by molar-refractivity contribution is 9.08. The summed E-state index contributed by atoms with van der Waals surface area (Å²) < 4.78 is 0. The van der Waals surface area contributed by atoms with E-state index in [1.807, 2.05) is 11.3 Å². The third kappa shape index (κ3) is 2.21. The molecule has 1 nitrogen and oxygen atoms in total. The summed E-state index contributed by atoms with van der Waals surface area (Å²) in [4.78, 5) is 4.07. The molecule has 0 spiro atoms. The number of thiophene rings is 1. The molecule has 0 bridgehead atoms. The Labute approximate surface area is 121 Å². The van der Waals surface area contributed by atoms with Crippen molar-refractivity contribution in [3.63, 3.8) is 0 Å². The number of hydrogen-bond donors (Lipinski definition) is 0. The van der Waals surface area contributed by atoms with Gasteiger partial charge in [-0.1, -0.05) is 33.6 Å². The van der Waals surface area contributed by atoms with Crippen molar-refractivity contribution in [2.45, 2.75) is 25.2 Å². The highest BCUT2D eigenvalue weighted by Crippen LogP contribution is 2.31. The summed E-state index contributed by atoms with van der Waals surface area (Å²) >= 11 is 5.51. The van der Waals surface area contributed by atoms with E-state index in [0.717, 1.165) is 18.4 Å². The third-order valence-corrected chi connectivity index (χ3v) is 5.15. The Morgan fingerprint density at radius 2 is 2.22 bits per heavy atom. The van der Waals surface area contributed by atoms with Gasteiger partial charge >= 0.3 is 0 Å². The normalized spacial score (nSPS) is 14.7. The van der Waals surface area contributed by atoms with E-state index in [4.69, 9.17) is 0 Å². The van der Waals surface area contributed by atoms with Crippen LogP contribution in [0.5, 0.6) is 0 Å². The Morgan fingerprint density at radius 3 is 3.06 bits per heavy atom. The first-order valence-electron chi connectivity index (χ1n) is 6.23. The highest BCUT2D eigenvalue weighted by atomic mass is 79.9. The second kappa shape index (κ2) is 5.06. The van der Waals surface area contributed by atoms with Crippen molar-refractivity contribution in [2.75, 3.05) is 11.4 Å². The van der Waals surface area contributed by atoms with Crippen LogP contribution in [0, 0.1) is 6.92 Å². The standard InChI is InChI=1S/C15H16BrNS/c1-11-2-3-14(13(8-11)9-16)17-6-4-15-12(10-17)5-7-18-15/h2-3,5,7-8H,4,6,9-10H2,1H3. The Morgan fingerprint density at radius 1 is 1.33 bits per heavy atom. The van der Waals surface area contributed by atoms with Crippen LogP contribution in [0.2, 0.25) is 0 Å². The smallest absolute Gasteiger partial charge is 0.0440 e. The minimum absolute atomic E-state index is 0.928. The van der Waals surface area contributed by atoms with Crippen LogP contribution in [0.25, 0.3) is 0 Å². The molecule has 0 atom stereocenters. The molecular weight excluding hydrogens is 306 g/mol. The van der Waals surface area contributed by atoms with Gasteiger partial charge in [-0.05, 0) is 42.0 Å². The number of benzene rings is 1. The summed E-state index contributed by atoms with van der Waals surface area (Å²) in [5.41, 5.74) is 5.62. The maximum absolute atomic E-state index is 3.61. The minimum atomic E-state index is 0.928. The van der Waals surface area contributed by atoms with Gasteiger partial charge < -0.3 is 4.90 Å². The van der Waals surface area contributed by atoms with Crippen LogP contribution in [0.4, 0.5) is 5.69 Å². The van der Waals surface area contributed by atoms with Crippen LogP contribution in [-0.2, 0) is 18.3 Å². The molecule has 18 heavy (non-hydrogen) atoms. The molecule has 1 aromatic heterocycles. The molecule has 0 N–H and O–H groups in total. The van der Waals surface area contributed by atoms with E-state index in [-0.39, 0.29) is 0 Å². The molecule has 3 heteroatoms. The van der Waals surface area contributed by atoms with Gasteiger partial charge in [0, 0.05) is 29.0 Å². The zero-order chi connectivity index (χ0) is 12.5. The van der Waals surface area contributed by atoms with Gasteiger partial charge in [-0.3, -0.25) is 0 Å². The molecule has 1 aromatic carbocycles. The van der Waals surface area contributed by atoms with Crippen molar-refractivity contribution >= 4 is 33.0 Å². The summed E-state index contributed by atoms with van der Waals surface area (Å²) in [6.45, 7) is 4.35. The van der Waals surface area contributed by atoms with E-state index in [1.54, 1.807) is 4.88 Å². The average Bonchev–Trinajstić information content (AvgIpc) is 2.85. The van der Waals surface area contributed by atoms with Crippen molar-refractivity contribution in [2.24, 2.45) is 0 Å². The van der Waals surface area contributed by atoms with Gasteiger partial charge in [0.05, 0.1) is 0 Å². The molecule has 0 fully saturated rings. The largest absolute Gasteiger partial charge is 0.367 e. The van der Waals surface area contributed by atoms with Crippen LogP contribution in [-0.4, -0.2) is 6.54 Å². The van der Waals surface area contributed by atoms with E-state index in [9.17, 15) is 0 Å². The fraction of sp³-hybridized carbons (Fsp3) is 0.333. The van der Waals surface area contributed by atoms with Gasteiger partial charge in [-0.15, -0.1) is 11.3 Å². The van der Waals surface area contributed by atoms with Gasteiger partial charge in [0.2, 0.25) is 0 Å². The number of halogens is 1. The van der Waals surface area contributed by atoms with E-state index in [2.05, 4.69) is 57.4 Å². The number of alkyl halides is 1. The first-order valence-corrected chi connectivity index (χ1v) is 8.23. The Balaban J connectivity index is 1.93. The molecule has 1 aliphatic rings. The highest BCUT2D eigenvalue weighted by Gasteiger charge is 2.19. The van der Waals surface area contributed by atoms with Crippen molar-refractivity contribution < 1.29 is 0 Å². The number of anilines is 1. The number of rotatable bonds is 2. The molecule has 1 aliphatic heterocycles. The topological polar surface area (TPSA) is 3.24 Å². The van der Waals surface area contributed by atoms with Crippen molar-refractivity contribution in [3.8, 4) is 0 Å². The van der Waals surface area contributed by atoms with Crippen molar-refractivity contribution in [1.82, 2.24) is 0 Å². The van der Waals surface area contributed by atoms with E-state index in [0.29, 0.717) is 0 Å². The predicted molar refractivity (Wildman–Crippen MR) is 82.9 cm³/mol. The van der Waals surface area contributed by atoms with Gasteiger partial charge in [0.1, 0.15) is 0 Å². The summed E-state index contributed by atoms with van der Waals surface area (Å²) in [6.07, 6.45) is 1.18. The molecule has 0 amide bonds. The van der Waals surface area contributed by atoms with Crippen LogP contribution in [0.3, 0.4) is 0 Å². The van der Waals surface area contributed by atoms with Gasteiger partial charge in [-0.2, -0.15) is 0 Å². The molecular formula is C15H16BrNS. The summed E-state index contributed by atoms with van der Waals surface area (Å²) in [5, 5.41) is 3.14. The van der Waals surface area contributed by atoms with Gasteiger partial charge in [0.25, 0.3) is 0 Å². The fourth-order valence-corrected chi connectivity index (χ4v) is 3.92. The van der Waals surface area contributed by atoms with Crippen LogP contribution >= 0.6 is 27.3 Å². The lowest BCUT2D eigenvalue weighted by atomic mass is 10.1. The summed E-state index contributed by atoms with van der Waals surface area (Å²) in [5.74, 6) is 0. The molecule has 0 unspecified atom stereocenters. The number of aryl methyl sites for hydroxylation is 1. The van der Waals surface area contributed by atoms with E-state index >= 15 is 0 Å². The second-order valence-electron chi connectivity index (χ2n) is 4.81. The predicted octanol–water partition coefficient (Wildman–Crippen LogP) is 4.51. The zero-order valence-corrected chi connectivity index (χ0v) is 12.9. The molecule has 0 radical (unpaired) electrons. The maximum Gasteiger partial charge on any atom is 0.0440 e. The van der Waals surface area contributed by atoms with E-state index in [1.165, 1.54) is 28.8 Å². The lowest BCUT2D eigenvalue weighted by Crippen LogP contribution is -2.30. The summed E-state index contributed by atoms with van der Waals surface area (Å²) in [6, 6.07) is 9.04. The average molecular weight is 322 g/mol. The number of nitrogens with zero attached hydrogens (tertiary/aromatic N) is 1. The van der Waals surface area contributed by atoms with Crippen molar-refractivity contribution in [1.29, 1.82) is 0 Å². The Bertz CT molecular complexity index is 561. The lowest BCUT2D eigenvalue weighted by molar-refractivity contribution is 0.741. The molecule has 0 aliphatic carbocycles. The van der Waals surface area contributed by atoms with Gasteiger partial charge in [0.15, 0.2) is 0 Å². The first kappa shape index (κ1) is 12.2. The lowest BCUT2D eigenvalue weighted by Gasteiger charge is -2.30. The minimum Gasteiger partial charge on any atom is -0.367 e. The Kier molecular flexibility index (Phi) is 3.44. The van der Waals surface area contributed by atoms with Crippen molar-refractivity contribution in [3.05, 3.63) is 51.2 Å². The second-order valence-corrected chi connectivity index (χ2v) is 6.37. The van der Waals surface area contributed by atoms with Gasteiger partial charge in [-0.25, -0.2) is 0 Å². The van der Waals surface area contributed by atoms with E-state index < -0.39 is 0 Å². The monoisotopic (exact) mass is 321 g/mol. The molecule has 0 saturated heterocycles. The first-order chi connectivity index (χ1) is 8.78. The quantitative estimate of drug-likeness (QED) is 0.735. The zero-order valence-electron chi connectivity index (χ0n) is 10.4. The SMILES string of the molecule is Cc1ccc(N2CCc3sccc3C2)c(CBr)c1. The molecule has 2 heterocycles. The maximum atomic E-state index is 3.61. The van der Waals surface area contributed by atoms with Crippen LogP contribution in [0.1, 0.15) is 21.6 Å². The van der Waals surface area contributed by atoms with Crippen LogP contribution < -0.4 is 4.90 Å². The summed E-state index contributed by atoms with van der Waals surface area (Å²) in [7, 11) is 0. The Hall–Kier alpha value is -0.800. The fourth-order valence-electron chi connectivity index (χ4n) is 2.58. The molecule has 94 valence electrons. The van der Waals surface area contributed by atoms with Crippen LogP contribution in [0.15, 0.2) is 29.6 Å². The number of fused-ring (bicyclic) bond motifs is 1.